The van der Waals surface area contributed by atoms with Crippen molar-refractivity contribution in [1.29, 1.82) is 0 Å². The summed E-state index contributed by atoms with van der Waals surface area (Å²) < 4.78 is 0. The Morgan fingerprint density at radius 2 is 0.643 bits per heavy atom. The van der Waals surface area contributed by atoms with Gasteiger partial charge < -0.3 is 4.90 Å². The van der Waals surface area contributed by atoms with Gasteiger partial charge in [-0.05, 0) is 56.7 Å². The van der Waals surface area contributed by atoms with Gasteiger partial charge in [0.1, 0.15) is 0 Å². The first kappa shape index (κ1) is 28.0. The summed E-state index contributed by atoms with van der Waals surface area (Å²) in [6.07, 6.45) is 22.8. The maximum absolute atomic E-state index is 2.56. The van der Waals surface area contributed by atoms with Crippen LogP contribution in [0.25, 0.3) is 0 Å². The standard InChI is InChI=1S/C27H57N/c1-26(2,3)22-18-14-10-8-12-16-20-24-28(7)25-21-17-13-9-11-15-19-23-27(4,5)6/h8-25H2,1-7H3. The Morgan fingerprint density at radius 1 is 0.393 bits per heavy atom. The molecule has 0 saturated heterocycles. The molecule has 0 amide bonds. The van der Waals surface area contributed by atoms with Gasteiger partial charge in [-0.3, -0.25) is 0 Å². The van der Waals surface area contributed by atoms with Crippen LogP contribution in [0.15, 0.2) is 0 Å². The Morgan fingerprint density at radius 3 is 0.929 bits per heavy atom. The highest BCUT2D eigenvalue weighted by Crippen LogP contribution is 2.23. The van der Waals surface area contributed by atoms with E-state index in [9.17, 15) is 0 Å². The van der Waals surface area contributed by atoms with Crippen molar-refractivity contribution in [3.8, 4) is 0 Å². The molecule has 170 valence electrons. The summed E-state index contributed by atoms with van der Waals surface area (Å²) in [6, 6.07) is 0. The summed E-state index contributed by atoms with van der Waals surface area (Å²) in [5.41, 5.74) is 1.05. The van der Waals surface area contributed by atoms with Crippen molar-refractivity contribution < 1.29 is 0 Å². The van der Waals surface area contributed by atoms with E-state index < -0.39 is 0 Å². The Labute approximate surface area is 180 Å². The van der Waals surface area contributed by atoms with Gasteiger partial charge in [-0.25, -0.2) is 0 Å². The van der Waals surface area contributed by atoms with E-state index in [0.29, 0.717) is 10.8 Å². The van der Waals surface area contributed by atoms with Crippen molar-refractivity contribution in [3.05, 3.63) is 0 Å². The van der Waals surface area contributed by atoms with E-state index in [2.05, 4.69) is 53.5 Å². The fraction of sp³-hybridized carbons (Fsp3) is 1.00. The Bertz CT molecular complexity index is 288. The van der Waals surface area contributed by atoms with Gasteiger partial charge in [0.15, 0.2) is 0 Å². The summed E-state index contributed by atoms with van der Waals surface area (Å²) >= 11 is 0. The van der Waals surface area contributed by atoms with E-state index in [4.69, 9.17) is 0 Å². The highest BCUT2D eigenvalue weighted by molar-refractivity contribution is 4.62. The molecular weight excluding hydrogens is 338 g/mol. The lowest BCUT2D eigenvalue weighted by atomic mass is 9.89. The molecule has 0 aliphatic rings. The van der Waals surface area contributed by atoms with E-state index in [1.165, 1.54) is 116 Å². The summed E-state index contributed by atoms with van der Waals surface area (Å²) in [6.45, 7) is 16.8. The highest BCUT2D eigenvalue weighted by atomic mass is 15.1. The van der Waals surface area contributed by atoms with Gasteiger partial charge in [-0.15, -0.1) is 0 Å². The number of rotatable bonds is 18. The van der Waals surface area contributed by atoms with Crippen LogP contribution in [0.5, 0.6) is 0 Å². The van der Waals surface area contributed by atoms with E-state index in [-0.39, 0.29) is 0 Å². The molecule has 0 spiro atoms. The van der Waals surface area contributed by atoms with Crippen LogP contribution in [0.1, 0.15) is 144 Å². The minimum absolute atomic E-state index is 0.524. The largest absolute Gasteiger partial charge is 0.306 e. The lowest BCUT2D eigenvalue weighted by Crippen LogP contribution is -2.20. The second-order valence-corrected chi connectivity index (χ2v) is 11.9. The van der Waals surface area contributed by atoms with E-state index >= 15 is 0 Å². The maximum Gasteiger partial charge on any atom is -0.00218 e. The molecule has 0 saturated carbocycles. The number of hydrogen-bond acceptors (Lipinski definition) is 1. The maximum atomic E-state index is 2.56. The van der Waals surface area contributed by atoms with Gasteiger partial charge in [0, 0.05) is 0 Å². The smallest absolute Gasteiger partial charge is 0.00218 e. The summed E-state index contributed by atoms with van der Waals surface area (Å²) in [7, 11) is 2.32. The third-order valence-corrected chi connectivity index (χ3v) is 5.93. The minimum atomic E-state index is 0.524. The van der Waals surface area contributed by atoms with Crippen LogP contribution in [0.4, 0.5) is 0 Å². The molecular formula is C27H57N. The first-order chi connectivity index (χ1) is 13.1. The molecule has 0 aliphatic carbocycles. The van der Waals surface area contributed by atoms with Crippen LogP contribution in [-0.4, -0.2) is 25.0 Å². The average molecular weight is 396 g/mol. The van der Waals surface area contributed by atoms with Gasteiger partial charge in [0.05, 0.1) is 0 Å². The van der Waals surface area contributed by atoms with Gasteiger partial charge >= 0.3 is 0 Å². The Balaban J connectivity index is 3.24. The van der Waals surface area contributed by atoms with Gasteiger partial charge in [-0.1, -0.05) is 119 Å². The number of unbranched alkanes of at least 4 members (excludes halogenated alkanes) is 12. The molecule has 0 N–H and O–H groups in total. The second kappa shape index (κ2) is 16.7. The van der Waals surface area contributed by atoms with Crippen molar-refractivity contribution in [3.63, 3.8) is 0 Å². The molecule has 0 bridgehead atoms. The quantitative estimate of drug-likeness (QED) is 0.209. The molecule has 1 heteroatoms. The highest BCUT2D eigenvalue weighted by Gasteiger charge is 2.09. The monoisotopic (exact) mass is 395 g/mol. The van der Waals surface area contributed by atoms with Crippen LogP contribution in [0.3, 0.4) is 0 Å². The van der Waals surface area contributed by atoms with Crippen LogP contribution in [0.2, 0.25) is 0 Å². The van der Waals surface area contributed by atoms with Gasteiger partial charge in [0.25, 0.3) is 0 Å². The summed E-state index contributed by atoms with van der Waals surface area (Å²) in [4.78, 5) is 2.56. The Kier molecular flexibility index (Phi) is 16.7. The number of hydrogen-bond donors (Lipinski definition) is 0. The minimum Gasteiger partial charge on any atom is -0.306 e. The van der Waals surface area contributed by atoms with Crippen molar-refractivity contribution in [1.82, 2.24) is 4.90 Å². The molecule has 0 radical (unpaired) electrons. The van der Waals surface area contributed by atoms with Crippen molar-refractivity contribution in [2.45, 2.75) is 144 Å². The third-order valence-electron chi connectivity index (χ3n) is 5.93. The first-order valence-corrected chi connectivity index (χ1v) is 12.8. The predicted octanol–water partition coefficient (Wildman–Crippen LogP) is 9.25. The first-order valence-electron chi connectivity index (χ1n) is 12.8. The normalized spacial score (nSPS) is 12.9. The topological polar surface area (TPSA) is 3.24 Å². The predicted molar refractivity (Wildman–Crippen MR) is 130 cm³/mol. The zero-order valence-electron chi connectivity index (χ0n) is 21.2. The van der Waals surface area contributed by atoms with Crippen molar-refractivity contribution >= 4 is 0 Å². The van der Waals surface area contributed by atoms with Crippen LogP contribution >= 0.6 is 0 Å². The van der Waals surface area contributed by atoms with Crippen molar-refractivity contribution in [2.75, 3.05) is 20.1 Å². The number of nitrogens with zero attached hydrogens (tertiary/aromatic N) is 1. The lowest BCUT2D eigenvalue weighted by molar-refractivity contribution is 0.313. The fourth-order valence-corrected chi connectivity index (χ4v) is 3.95. The van der Waals surface area contributed by atoms with E-state index in [1.807, 2.05) is 0 Å². The zero-order chi connectivity index (χ0) is 21.3. The molecule has 0 aromatic rings. The third kappa shape index (κ3) is 24.0. The van der Waals surface area contributed by atoms with Crippen molar-refractivity contribution in [2.24, 2.45) is 10.8 Å². The zero-order valence-corrected chi connectivity index (χ0v) is 21.2. The lowest BCUT2D eigenvalue weighted by Gasteiger charge is -2.17. The molecule has 28 heavy (non-hydrogen) atoms. The van der Waals surface area contributed by atoms with Crippen LogP contribution < -0.4 is 0 Å². The summed E-state index contributed by atoms with van der Waals surface area (Å²) in [5.74, 6) is 0. The molecule has 0 heterocycles. The Hall–Kier alpha value is -0.0400. The van der Waals surface area contributed by atoms with Gasteiger partial charge in [0.2, 0.25) is 0 Å². The molecule has 0 aliphatic heterocycles. The SMILES string of the molecule is CN(CCCCCCCCCC(C)(C)C)CCCCCCCCCC(C)(C)C. The van der Waals surface area contributed by atoms with E-state index in [1.54, 1.807) is 0 Å². The second-order valence-electron chi connectivity index (χ2n) is 11.9. The molecule has 0 unspecified atom stereocenters. The van der Waals surface area contributed by atoms with Crippen LogP contribution in [-0.2, 0) is 0 Å². The van der Waals surface area contributed by atoms with E-state index in [0.717, 1.165) is 0 Å². The van der Waals surface area contributed by atoms with Gasteiger partial charge in [-0.2, -0.15) is 0 Å². The summed E-state index contributed by atoms with van der Waals surface area (Å²) in [5, 5.41) is 0. The molecule has 0 aromatic carbocycles. The average Bonchev–Trinajstić information content (AvgIpc) is 2.57. The van der Waals surface area contributed by atoms with Crippen LogP contribution in [0, 0.1) is 10.8 Å². The molecule has 0 fully saturated rings. The fourth-order valence-electron chi connectivity index (χ4n) is 3.95. The molecule has 0 rings (SSSR count). The molecule has 0 atom stereocenters. The molecule has 1 nitrogen and oxygen atoms in total. The molecule has 0 aromatic heterocycles.